The van der Waals surface area contributed by atoms with Gasteiger partial charge in [-0.2, -0.15) is 8.42 Å². The molecule has 0 aliphatic carbocycles. The smallest absolute Gasteiger partial charge is 0.330 e. The van der Waals surface area contributed by atoms with Crippen LogP contribution in [0.1, 0.15) is 29.5 Å². The lowest BCUT2D eigenvalue weighted by molar-refractivity contribution is -0.134. The molecule has 0 aliphatic rings. The predicted octanol–water partition coefficient (Wildman–Crippen LogP) is 3.92. The third-order valence-electron chi connectivity index (χ3n) is 4.57. The summed E-state index contributed by atoms with van der Waals surface area (Å²) in [6.45, 7) is 5.42. The van der Waals surface area contributed by atoms with Crippen LogP contribution in [0.2, 0.25) is 0 Å². The van der Waals surface area contributed by atoms with Gasteiger partial charge in [0.05, 0.1) is 25.2 Å². The summed E-state index contributed by atoms with van der Waals surface area (Å²) < 4.78 is 40.8. The molecule has 0 bridgehead atoms. The van der Waals surface area contributed by atoms with E-state index in [4.69, 9.17) is 8.92 Å². The monoisotopic (exact) mass is 418 g/mol. The molecule has 29 heavy (non-hydrogen) atoms. The molecule has 2 aromatic carbocycles. The van der Waals surface area contributed by atoms with Crippen LogP contribution in [-0.2, 0) is 23.8 Å². The molecule has 0 amide bonds. The largest absolute Gasteiger partial charge is 0.497 e. The first-order chi connectivity index (χ1) is 13.7. The molecule has 2 aromatic rings. The SMILES string of the molecule is COC(=O)/C=C/[C@@H](c1ccc(OC)cc1C)[C@H](C)OS(=O)(=O)c1ccc(C)cc1. The average Bonchev–Trinajstić information content (AvgIpc) is 2.68. The highest BCUT2D eigenvalue weighted by Gasteiger charge is 2.26. The Labute approximate surface area is 172 Å². The van der Waals surface area contributed by atoms with E-state index >= 15 is 0 Å². The van der Waals surface area contributed by atoms with Crippen LogP contribution < -0.4 is 4.74 Å². The molecule has 7 heteroatoms. The summed E-state index contributed by atoms with van der Waals surface area (Å²) in [5, 5.41) is 0. The summed E-state index contributed by atoms with van der Waals surface area (Å²) in [6, 6.07) is 11.9. The molecule has 6 nitrogen and oxygen atoms in total. The van der Waals surface area contributed by atoms with Crippen molar-refractivity contribution in [1.29, 1.82) is 0 Å². The van der Waals surface area contributed by atoms with Crippen molar-refractivity contribution < 1.29 is 26.9 Å². The maximum Gasteiger partial charge on any atom is 0.330 e. The van der Waals surface area contributed by atoms with Gasteiger partial charge in [0, 0.05) is 12.0 Å². The fraction of sp³-hybridized carbons (Fsp3) is 0.318. The number of benzene rings is 2. The number of esters is 1. The van der Waals surface area contributed by atoms with Crippen LogP contribution in [0.4, 0.5) is 0 Å². The van der Waals surface area contributed by atoms with Crippen LogP contribution in [0.5, 0.6) is 5.75 Å². The normalized spacial score (nSPS) is 13.8. The van der Waals surface area contributed by atoms with Gasteiger partial charge in [0.15, 0.2) is 0 Å². The second-order valence-corrected chi connectivity index (χ2v) is 8.27. The lowest BCUT2D eigenvalue weighted by atomic mass is 9.90. The minimum absolute atomic E-state index is 0.0806. The van der Waals surface area contributed by atoms with Gasteiger partial charge in [-0.05, 0) is 56.2 Å². The number of carbonyl (C=O) groups excluding carboxylic acids is 1. The zero-order valence-corrected chi connectivity index (χ0v) is 18.0. The third-order valence-corrected chi connectivity index (χ3v) is 5.98. The quantitative estimate of drug-likeness (QED) is 0.367. The summed E-state index contributed by atoms with van der Waals surface area (Å²) in [6.07, 6.45) is 2.09. The first-order valence-electron chi connectivity index (χ1n) is 9.08. The zero-order valence-electron chi connectivity index (χ0n) is 17.2. The van der Waals surface area contributed by atoms with E-state index in [1.807, 2.05) is 26.0 Å². The Kier molecular flexibility index (Phi) is 7.59. The van der Waals surface area contributed by atoms with Crippen LogP contribution in [0.3, 0.4) is 0 Å². The van der Waals surface area contributed by atoms with E-state index in [0.29, 0.717) is 5.75 Å². The minimum Gasteiger partial charge on any atom is -0.497 e. The molecule has 0 N–H and O–H groups in total. The highest BCUT2D eigenvalue weighted by atomic mass is 32.2. The molecule has 0 aliphatic heterocycles. The van der Waals surface area contributed by atoms with Crippen LogP contribution in [0.15, 0.2) is 59.5 Å². The first-order valence-corrected chi connectivity index (χ1v) is 10.5. The molecule has 0 fully saturated rings. The number of aryl methyl sites for hydroxylation is 2. The molecule has 156 valence electrons. The molecule has 0 saturated heterocycles. The van der Waals surface area contributed by atoms with Gasteiger partial charge in [-0.15, -0.1) is 0 Å². The molecular formula is C22H26O6S. The van der Waals surface area contributed by atoms with Crippen molar-refractivity contribution in [2.45, 2.75) is 37.7 Å². The topological polar surface area (TPSA) is 78.9 Å². The van der Waals surface area contributed by atoms with Crippen molar-refractivity contribution in [2.24, 2.45) is 0 Å². The predicted molar refractivity (Wildman–Crippen MR) is 111 cm³/mol. The van der Waals surface area contributed by atoms with E-state index in [9.17, 15) is 13.2 Å². The summed E-state index contributed by atoms with van der Waals surface area (Å²) in [5.74, 6) is -0.349. The Morgan fingerprint density at radius 3 is 2.24 bits per heavy atom. The molecule has 0 radical (unpaired) electrons. The Hall–Kier alpha value is -2.64. The number of hydrogen-bond acceptors (Lipinski definition) is 6. The number of hydrogen-bond donors (Lipinski definition) is 0. The number of ether oxygens (including phenoxy) is 2. The van der Waals surface area contributed by atoms with Gasteiger partial charge >= 0.3 is 5.97 Å². The van der Waals surface area contributed by atoms with E-state index in [2.05, 4.69) is 4.74 Å². The van der Waals surface area contributed by atoms with Gasteiger partial charge in [0.25, 0.3) is 10.1 Å². The van der Waals surface area contributed by atoms with Gasteiger partial charge < -0.3 is 9.47 Å². The van der Waals surface area contributed by atoms with Gasteiger partial charge in [-0.3, -0.25) is 4.18 Å². The minimum atomic E-state index is -3.97. The maximum absolute atomic E-state index is 12.7. The van der Waals surface area contributed by atoms with Crippen molar-refractivity contribution in [3.63, 3.8) is 0 Å². The van der Waals surface area contributed by atoms with E-state index in [0.717, 1.165) is 16.7 Å². The van der Waals surface area contributed by atoms with Crippen LogP contribution in [-0.4, -0.2) is 34.7 Å². The number of methoxy groups -OCH3 is 2. The Morgan fingerprint density at radius 1 is 1.03 bits per heavy atom. The van der Waals surface area contributed by atoms with Gasteiger partial charge in [-0.25, -0.2) is 4.79 Å². The van der Waals surface area contributed by atoms with E-state index in [-0.39, 0.29) is 4.90 Å². The summed E-state index contributed by atoms with van der Waals surface area (Å²) >= 11 is 0. The Morgan fingerprint density at radius 2 is 1.69 bits per heavy atom. The standard InChI is InChI=1S/C22H26O6S/c1-15-6-9-19(10-7-15)29(24,25)28-17(3)21(12-13-22(23)27-5)20-11-8-18(26-4)14-16(20)2/h6-14,17,21H,1-5H3/b13-12+/t17-,21+/m0/s1. The molecule has 0 saturated carbocycles. The number of carbonyl (C=O) groups is 1. The highest BCUT2D eigenvalue weighted by molar-refractivity contribution is 7.86. The van der Waals surface area contributed by atoms with E-state index < -0.39 is 28.1 Å². The maximum atomic E-state index is 12.7. The number of rotatable bonds is 8. The Balaban J connectivity index is 2.38. The molecule has 2 atom stereocenters. The van der Waals surface area contributed by atoms with Crippen molar-refractivity contribution in [3.8, 4) is 5.75 Å². The van der Waals surface area contributed by atoms with Gasteiger partial charge in [0.2, 0.25) is 0 Å². The fourth-order valence-electron chi connectivity index (χ4n) is 2.93. The summed E-state index contributed by atoms with van der Waals surface area (Å²) in [7, 11) is -1.12. The molecule has 0 unspecified atom stereocenters. The highest BCUT2D eigenvalue weighted by Crippen LogP contribution is 2.31. The first kappa shape index (κ1) is 22.6. The Bertz CT molecular complexity index is 977. The van der Waals surface area contributed by atoms with Crippen molar-refractivity contribution in [3.05, 3.63) is 71.3 Å². The van der Waals surface area contributed by atoms with E-state index in [1.165, 1.54) is 25.3 Å². The molecule has 0 spiro atoms. The summed E-state index contributed by atoms with van der Waals surface area (Å²) in [4.78, 5) is 11.7. The second-order valence-electron chi connectivity index (χ2n) is 6.70. The van der Waals surface area contributed by atoms with Crippen LogP contribution in [0, 0.1) is 13.8 Å². The van der Waals surface area contributed by atoms with Gasteiger partial charge in [-0.1, -0.05) is 29.8 Å². The zero-order chi connectivity index (χ0) is 21.6. The molecule has 2 rings (SSSR count). The van der Waals surface area contributed by atoms with E-state index in [1.54, 1.807) is 38.3 Å². The van der Waals surface area contributed by atoms with Crippen molar-refractivity contribution >= 4 is 16.1 Å². The van der Waals surface area contributed by atoms with Crippen LogP contribution in [0.25, 0.3) is 0 Å². The molecular weight excluding hydrogens is 392 g/mol. The van der Waals surface area contributed by atoms with Crippen molar-refractivity contribution in [2.75, 3.05) is 14.2 Å². The lowest BCUT2D eigenvalue weighted by Gasteiger charge is -2.23. The lowest BCUT2D eigenvalue weighted by Crippen LogP contribution is -2.23. The van der Waals surface area contributed by atoms with Crippen LogP contribution >= 0.6 is 0 Å². The summed E-state index contributed by atoms with van der Waals surface area (Å²) in [5.41, 5.74) is 2.65. The third kappa shape index (κ3) is 5.92. The van der Waals surface area contributed by atoms with Crippen molar-refractivity contribution in [1.82, 2.24) is 0 Å². The average molecular weight is 419 g/mol. The fourth-order valence-corrected chi connectivity index (χ4v) is 4.03. The molecule has 0 aromatic heterocycles. The second kappa shape index (κ2) is 9.71. The van der Waals surface area contributed by atoms with Gasteiger partial charge in [0.1, 0.15) is 5.75 Å². The molecule has 0 heterocycles.